The summed E-state index contributed by atoms with van der Waals surface area (Å²) in [7, 11) is 0. The standard InChI is InChI=1S/C20H13Br2ClN2OS/c21-11-5-6-17-13(9-11)16-10-15(18-7-8-19(22)27-18)24-25(16)20(26-17)12-3-1-2-4-14(12)23/h1-9,16,20H,10H2. The van der Waals surface area contributed by atoms with Gasteiger partial charge in [-0.3, -0.25) is 0 Å². The summed E-state index contributed by atoms with van der Waals surface area (Å²) in [5.41, 5.74) is 3.14. The summed E-state index contributed by atoms with van der Waals surface area (Å²) in [5, 5.41) is 7.70. The first-order valence-corrected chi connectivity index (χ1v) is 11.2. The van der Waals surface area contributed by atoms with Crippen LogP contribution in [0.3, 0.4) is 0 Å². The summed E-state index contributed by atoms with van der Waals surface area (Å²) in [4.78, 5) is 1.17. The maximum atomic E-state index is 6.49. The first kappa shape index (κ1) is 17.7. The molecule has 0 saturated carbocycles. The van der Waals surface area contributed by atoms with Crippen LogP contribution in [0, 0.1) is 0 Å². The number of fused-ring (bicyclic) bond motifs is 3. The zero-order valence-electron chi connectivity index (χ0n) is 13.9. The third-order valence-electron chi connectivity index (χ3n) is 4.78. The molecule has 0 fully saturated rings. The maximum absolute atomic E-state index is 6.49. The van der Waals surface area contributed by atoms with Crippen molar-refractivity contribution < 1.29 is 4.74 Å². The topological polar surface area (TPSA) is 24.8 Å². The minimum absolute atomic E-state index is 0.114. The average Bonchev–Trinajstić information content (AvgIpc) is 3.28. The normalized spacial score (nSPS) is 20.7. The SMILES string of the molecule is Clc1ccccc1C1Oc2ccc(Br)cc2C2CC(c3ccc(Br)s3)=NN21. The molecule has 3 nitrogen and oxygen atoms in total. The van der Waals surface area contributed by atoms with Gasteiger partial charge in [0.25, 0.3) is 0 Å². The van der Waals surface area contributed by atoms with Crippen LogP contribution in [0.4, 0.5) is 0 Å². The molecule has 1 aromatic heterocycles. The number of thiophene rings is 1. The second kappa shape index (κ2) is 6.92. The van der Waals surface area contributed by atoms with Crippen LogP contribution >= 0.6 is 54.8 Å². The number of hydrazone groups is 1. The van der Waals surface area contributed by atoms with E-state index in [0.29, 0.717) is 5.02 Å². The van der Waals surface area contributed by atoms with Crippen molar-refractivity contribution in [2.24, 2.45) is 5.10 Å². The second-order valence-electron chi connectivity index (χ2n) is 6.42. The number of ether oxygens (including phenoxy) is 1. The number of rotatable bonds is 2. The summed E-state index contributed by atoms with van der Waals surface area (Å²) in [5.74, 6) is 0.883. The van der Waals surface area contributed by atoms with E-state index >= 15 is 0 Å². The quantitative estimate of drug-likeness (QED) is 0.355. The maximum Gasteiger partial charge on any atom is 0.215 e. The van der Waals surface area contributed by atoms with Gasteiger partial charge in [0, 0.05) is 27.0 Å². The molecule has 3 aromatic rings. The summed E-state index contributed by atoms with van der Waals surface area (Å²) in [6.07, 6.45) is 0.485. The van der Waals surface area contributed by atoms with E-state index in [4.69, 9.17) is 21.4 Å². The Bertz CT molecular complexity index is 1070. The monoisotopic (exact) mass is 522 g/mol. The molecule has 3 heterocycles. The number of hydrogen-bond acceptors (Lipinski definition) is 4. The van der Waals surface area contributed by atoms with Crippen LogP contribution in [-0.4, -0.2) is 10.7 Å². The number of nitrogens with zero attached hydrogens (tertiary/aromatic N) is 2. The van der Waals surface area contributed by atoms with Gasteiger partial charge in [-0.05, 0) is 52.3 Å². The molecule has 2 aliphatic rings. The average molecular weight is 525 g/mol. The van der Waals surface area contributed by atoms with E-state index in [0.717, 1.165) is 37.3 Å². The zero-order chi connectivity index (χ0) is 18.5. The van der Waals surface area contributed by atoms with Gasteiger partial charge in [-0.15, -0.1) is 11.3 Å². The molecule has 2 unspecified atom stereocenters. The van der Waals surface area contributed by atoms with Crippen molar-refractivity contribution in [1.82, 2.24) is 5.01 Å². The Hall–Kier alpha value is -1.34. The Morgan fingerprint density at radius 2 is 1.93 bits per heavy atom. The van der Waals surface area contributed by atoms with Crippen LogP contribution in [0.5, 0.6) is 5.75 Å². The lowest BCUT2D eigenvalue weighted by Crippen LogP contribution is -2.33. The van der Waals surface area contributed by atoms with Gasteiger partial charge in [0.2, 0.25) is 6.23 Å². The molecule has 2 aliphatic heterocycles. The van der Waals surface area contributed by atoms with Crippen molar-refractivity contribution in [3.05, 3.63) is 83.9 Å². The summed E-state index contributed by atoms with van der Waals surface area (Å²) >= 11 is 15.3. The minimum atomic E-state index is -0.349. The highest BCUT2D eigenvalue weighted by molar-refractivity contribution is 9.11. The Balaban J connectivity index is 1.63. The van der Waals surface area contributed by atoms with Crippen LogP contribution in [0.2, 0.25) is 5.02 Å². The molecule has 0 radical (unpaired) electrons. The first-order valence-electron chi connectivity index (χ1n) is 8.42. The van der Waals surface area contributed by atoms with Crippen LogP contribution < -0.4 is 4.74 Å². The van der Waals surface area contributed by atoms with Gasteiger partial charge in [-0.1, -0.05) is 45.7 Å². The van der Waals surface area contributed by atoms with E-state index in [9.17, 15) is 0 Å². The fourth-order valence-electron chi connectivity index (χ4n) is 3.56. The van der Waals surface area contributed by atoms with Crippen LogP contribution in [0.15, 0.2) is 68.0 Å². The molecule has 0 amide bonds. The lowest BCUT2D eigenvalue weighted by atomic mass is 9.98. The fourth-order valence-corrected chi connectivity index (χ4v) is 5.54. The molecule has 0 saturated heterocycles. The van der Waals surface area contributed by atoms with Gasteiger partial charge in [-0.25, -0.2) is 5.01 Å². The summed E-state index contributed by atoms with van der Waals surface area (Å²) in [6.45, 7) is 0. The highest BCUT2D eigenvalue weighted by Crippen LogP contribution is 2.49. The number of benzene rings is 2. The molecule has 2 atom stereocenters. The van der Waals surface area contributed by atoms with Crippen molar-refractivity contribution in [1.29, 1.82) is 0 Å². The Kier molecular flexibility index (Phi) is 4.55. The van der Waals surface area contributed by atoms with E-state index in [1.165, 1.54) is 4.88 Å². The summed E-state index contributed by atoms with van der Waals surface area (Å²) < 4.78 is 8.50. The van der Waals surface area contributed by atoms with Crippen molar-refractivity contribution >= 4 is 60.5 Å². The van der Waals surface area contributed by atoms with E-state index in [-0.39, 0.29) is 12.3 Å². The Morgan fingerprint density at radius 3 is 2.70 bits per heavy atom. The van der Waals surface area contributed by atoms with Crippen molar-refractivity contribution in [2.75, 3.05) is 0 Å². The minimum Gasteiger partial charge on any atom is -0.464 e. The second-order valence-corrected chi connectivity index (χ2v) is 10.2. The van der Waals surface area contributed by atoms with Gasteiger partial charge < -0.3 is 4.74 Å². The largest absolute Gasteiger partial charge is 0.464 e. The highest BCUT2D eigenvalue weighted by Gasteiger charge is 2.41. The van der Waals surface area contributed by atoms with Crippen LogP contribution in [-0.2, 0) is 0 Å². The lowest BCUT2D eigenvalue weighted by molar-refractivity contribution is -0.0190. The third-order valence-corrected chi connectivity index (χ3v) is 7.29. The molecule has 7 heteroatoms. The highest BCUT2D eigenvalue weighted by atomic mass is 79.9. The van der Waals surface area contributed by atoms with Gasteiger partial charge in [0.05, 0.1) is 20.4 Å². The molecule has 136 valence electrons. The summed E-state index contributed by atoms with van der Waals surface area (Å²) in [6, 6.07) is 18.2. The van der Waals surface area contributed by atoms with Crippen LogP contribution in [0.25, 0.3) is 0 Å². The third kappa shape index (κ3) is 3.12. The zero-order valence-corrected chi connectivity index (χ0v) is 18.6. The lowest BCUT2D eigenvalue weighted by Gasteiger charge is -2.38. The molecule has 2 aromatic carbocycles. The van der Waals surface area contributed by atoms with Gasteiger partial charge in [0.15, 0.2) is 0 Å². The molecular formula is C20H13Br2ClN2OS. The molecular weight excluding hydrogens is 512 g/mol. The smallest absolute Gasteiger partial charge is 0.215 e. The predicted molar refractivity (Wildman–Crippen MR) is 117 cm³/mol. The number of hydrogen-bond donors (Lipinski definition) is 0. The van der Waals surface area contributed by atoms with E-state index in [1.54, 1.807) is 11.3 Å². The molecule has 0 N–H and O–H groups in total. The van der Waals surface area contributed by atoms with E-state index in [2.05, 4.69) is 55.1 Å². The first-order chi connectivity index (χ1) is 13.1. The van der Waals surface area contributed by atoms with Crippen molar-refractivity contribution in [3.63, 3.8) is 0 Å². The van der Waals surface area contributed by atoms with E-state index < -0.39 is 0 Å². The van der Waals surface area contributed by atoms with Crippen molar-refractivity contribution in [2.45, 2.75) is 18.7 Å². The molecule has 0 aliphatic carbocycles. The molecule has 5 rings (SSSR count). The molecule has 0 bridgehead atoms. The van der Waals surface area contributed by atoms with Gasteiger partial charge in [0.1, 0.15) is 5.75 Å². The predicted octanol–water partition coefficient (Wildman–Crippen LogP) is 7.17. The fraction of sp³-hybridized carbons (Fsp3) is 0.150. The Labute approximate surface area is 182 Å². The molecule has 0 spiro atoms. The van der Waals surface area contributed by atoms with E-state index in [1.807, 2.05) is 36.4 Å². The van der Waals surface area contributed by atoms with Gasteiger partial charge >= 0.3 is 0 Å². The number of halogens is 3. The van der Waals surface area contributed by atoms with Crippen molar-refractivity contribution in [3.8, 4) is 5.75 Å². The molecule has 27 heavy (non-hydrogen) atoms. The Morgan fingerprint density at radius 1 is 1.07 bits per heavy atom. The van der Waals surface area contributed by atoms with Crippen LogP contribution in [0.1, 0.15) is 34.7 Å². The van der Waals surface area contributed by atoms with Gasteiger partial charge in [-0.2, -0.15) is 5.10 Å².